The Morgan fingerprint density at radius 1 is 1.33 bits per heavy atom. The third-order valence-electron chi connectivity index (χ3n) is 5.37. The Bertz CT molecular complexity index is 815. The van der Waals surface area contributed by atoms with Gasteiger partial charge in [0.05, 0.1) is 5.69 Å². The van der Waals surface area contributed by atoms with E-state index < -0.39 is 6.10 Å². The van der Waals surface area contributed by atoms with E-state index in [4.69, 9.17) is 9.72 Å². The highest BCUT2D eigenvalue weighted by Crippen LogP contribution is 2.23. The van der Waals surface area contributed by atoms with Crippen molar-refractivity contribution in [3.8, 4) is 5.75 Å². The van der Waals surface area contributed by atoms with E-state index in [-0.39, 0.29) is 5.91 Å². The van der Waals surface area contributed by atoms with E-state index in [0.29, 0.717) is 19.0 Å². The molecule has 142 valence electrons. The SMILES string of the molecule is Cc1ccc(O[C@H](C)C(=O)N2CCc3nc([C@@H]4CCNC4)ncc3C2)cc1. The average Bonchev–Trinajstić information content (AvgIpc) is 3.23. The number of ether oxygens (including phenoxy) is 1. The fourth-order valence-electron chi connectivity index (χ4n) is 3.72. The number of hydrogen-bond donors (Lipinski definition) is 1. The molecule has 0 spiro atoms. The number of aryl methyl sites for hydroxylation is 1. The number of fused-ring (bicyclic) bond motifs is 1. The number of nitrogens with zero attached hydrogens (tertiary/aromatic N) is 3. The van der Waals surface area contributed by atoms with Crippen molar-refractivity contribution in [1.82, 2.24) is 20.2 Å². The highest BCUT2D eigenvalue weighted by Gasteiger charge is 2.28. The van der Waals surface area contributed by atoms with E-state index in [2.05, 4.69) is 10.3 Å². The third kappa shape index (κ3) is 3.95. The molecular formula is C21H26N4O2. The molecule has 6 heteroatoms. The summed E-state index contributed by atoms with van der Waals surface area (Å²) in [6, 6.07) is 7.77. The van der Waals surface area contributed by atoms with Crippen LogP contribution in [0.4, 0.5) is 0 Å². The van der Waals surface area contributed by atoms with Gasteiger partial charge >= 0.3 is 0 Å². The maximum atomic E-state index is 12.8. The zero-order valence-electron chi connectivity index (χ0n) is 15.9. The molecule has 0 bridgehead atoms. The van der Waals surface area contributed by atoms with Crippen LogP contribution in [0.3, 0.4) is 0 Å². The van der Waals surface area contributed by atoms with Crippen molar-refractivity contribution in [3.05, 3.63) is 53.1 Å². The van der Waals surface area contributed by atoms with Crippen LogP contribution in [0, 0.1) is 6.92 Å². The van der Waals surface area contributed by atoms with Crippen molar-refractivity contribution in [2.24, 2.45) is 0 Å². The van der Waals surface area contributed by atoms with Gasteiger partial charge in [-0.3, -0.25) is 4.79 Å². The van der Waals surface area contributed by atoms with Gasteiger partial charge in [-0.15, -0.1) is 0 Å². The molecule has 1 amide bonds. The van der Waals surface area contributed by atoms with Gasteiger partial charge in [0.2, 0.25) is 0 Å². The molecule has 2 aliphatic rings. The van der Waals surface area contributed by atoms with E-state index in [9.17, 15) is 4.79 Å². The zero-order chi connectivity index (χ0) is 18.8. The number of nitrogens with one attached hydrogen (secondary N) is 1. The molecule has 2 aromatic rings. The van der Waals surface area contributed by atoms with Crippen molar-refractivity contribution in [2.45, 2.75) is 45.3 Å². The summed E-state index contributed by atoms with van der Waals surface area (Å²) in [7, 11) is 0. The Morgan fingerprint density at radius 2 is 2.15 bits per heavy atom. The summed E-state index contributed by atoms with van der Waals surface area (Å²) in [5.41, 5.74) is 3.30. The highest BCUT2D eigenvalue weighted by atomic mass is 16.5. The Hall–Kier alpha value is -2.47. The summed E-state index contributed by atoms with van der Waals surface area (Å²) >= 11 is 0. The molecule has 4 rings (SSSR count). The first-order chi connectivity index (χ1) is 13.1. The second-order valence-electron chi connectivity index (χ2n) is 7.47. The van der Waals surface area contributed by atoms with Gasteiger partial charge in [-0.05, 0) is 38.9 Å². The molecule has 6 nitrogen and oxygen atoms in total. The molecule has 27 heavy (non-hydrogen) atoms. The van der Waals surface area contributed by atoms with Crippen LogP contribution in [0.1, 0.15) is 41.9 Å². The summed E-state index contributed by atoms with van der Waals surface area (Å²) in [6.07, 6.45) is 3.26. The van der Waals surface area contributed by atoms with Crippen LogP contribution in [-0.4, -0.2) is 46.5 Å². The smallest absolute Gasteiger partial charge is 0.263 e. The topological polar surface area (TPSA) is 67.3 Å². The predicted octanol–water partition coefficient (Wildman–Crippen LogP) is 2.21. The molecule has 0 radical (unpaired) electrons. The molecular weight excluding hydrogens is 340 g/mol. The monoisotopic (exact) mass is 366 g/mol. The third-order valence-corrected chi connectivity index (χ3v) is 5.37. The number of carbonyl (C=O) groups is 1. The molecule has 1 aromatic carbocycles. The maximum Gasteiger partial charge on any atom is 0.263 e. The highest BCUT2D eigenvalue weighted by molar-refractivity contribution is 5.81. The lowest BCUT2D eigenvalue weighted by Gasteiger charge is -2.30. The number of aromatic nitrogens is 2. The van der Waals surface area contributed by atoms with Gasteiger partial charge in [0.15, 0.2) is 6.10 Å². The minimum atomic E-state index is -0.515. The quantitative estimate of drug-likeness (QED) is 0.899. The molecule has 0 aliphatic carbocycles. The molecule has 0 unspecified atom stereocenters. The van der Waals surface area contributed by atoms with E-state index >= 15 is 0 Å². The van der Waals surface area contributed by atoms with E-state index in [1.165, 1.54) is 5.56 Å². The Morgan fingerprint density at radius 3 is 2.89 bits per heavy atom. The minimum absolute atomic E-state index is 0.00490. The number of benzene rings is 1. The average molecular weight is 366 g/mol. The zero-order valence-corrected chi connectivity index (χ0v) is 15.9. The lowest BCUT2D eigenvalue weighted by Crippen LogP contribution is -2.43. The fraction of sp³-hybridized carbons (Fsp3) is 0.476. The Kier molecular flexibility index (Phi) is 5.07. The van der Waals surface area contributed by atoms with Gasteiger partial charge in [0.25, 0.3) is 5.91 Å². The molecule has 1 fully saturated rings. The molecule has 0 saturated carbocycles. The van der Waals surface area contributed by atoms with Crippen molar-refractivity contribution in [2.75, 3.05) is 19.6 Å². The lowest BCUT2D eigenvalue weighted by atomic mass is 10.0. The fourth-order valence-corrected chi connectivity index (χ4v) is 3.72. The van der Waals surface area contributed by atoms with Crippen LogP contribution in [0.15, 0.2) is 30.5 Å². The molecule has 1 N–H and O–H groups in total. The Balaban J connectivity index is 1.40. The molecule has 2 atom stereocenters. The summed E-state index contributed by atoms with van der Waals surface area (Å²) in [6.45, 7) is 7.06. The van der Waals surface area contributed by atoms with E-state index in [0.717, 1.165) is 48.8 Å². The minimum Gasteiger partial charge on any atom is -0.481 e. The first kappa shape index (κ1) is 17.9. The number of hydrogen-bond acceptors (Lipinski definition) is 5. The number of amides is 1. The second-order valence-corrected chi connectivity index (χ2v) is 7.47. The van der Waals surface area contributed by atoms with Gasteiger partial charge < -0.3 is 15.0 Å². The normalized spacial score (nSPS) is 20.2. The maximum absolute atomic E-state index is 12.8. The van der Waals surface area contributed by atoms with E-state index in [1.54, 1.807) is 0 Å². The van der Waals surface area contributed by atoms with Gasteiger partial charge in [-0.1, -0.05) is 17.7 Å². The van der Waals surface area contributed by atoms with Crippen LogP contribution in [0.2, 0.25) is 0 Å². The molecule has 2 aliphatic heterocycles. The largest absolute Gasteiger partial charge is 0.481 e. The summed E-state index contributed by atoms with van der Waals surface area (Å²) in [5.74, 6) is 2.08. The number of rotatable bonds is 4. The van der Waals surface area contributed by atoms with Crippen LogP contribution in [0.5, 0.6) is 5.75 Å². The summed E-state index contributed by atoms with van der Waals surface area (Å²) < 4.78 is 5.83. The van der Waals surface area contributed by atoms with Crippen molar-refractivity contribution < 1.29 is 9.53 Å². The summed E-state index contributed by atoms with van der Waals surface area (Å²) in [4.78, 5) is 24.0. The standard InChI is InChI=1S/C21H26N4O2/c1-14-3-5-18(6-4-14)27-15(2)21(26)25-10-8-19-17(13-25)12-23-20(24-19)16-7-9-22-11-16/h3-6,12,15-16,22H,7-11,13H2,1-2H3/t15-,16-/m1/s1. The lowest BCUT2D eigenvalue weighted by molar-refractivity contribution is -0.138. The van der Waals surface area contributed by atoms with Crippen molar-refractivity contribution >= 4 is 5.91 Å². The first-order valence-electron chi connectivity index (χ1n) is 9.67. The van der Waals surface area contributed by atoms with Gasteiger partial charge in [0.1, 0.15) is 11.6 Å². The van der Waals surface area contributed by atoms with Crippen molar-refractivity contribution in [3.63, 3.8) is 0 Å². The van der Waals surface area contributed by atoms with Crippen LogP contribution in [-0.2, 0) is 17.8 Å². The molecule has 1 aromatic heterocycles. The van der Waals surface area contributed by atoms with Crippen LogP contribution in [0.25, 0.3) is 0 Å². The van der Waals surface area contributed by atoms with Crippen LogP contribution >= 0.6 is 0 Å². The molecule has 1 saturated heterocycles. The molecule has 3 heterocycles. The predicted molar refractivity (Wildman–Crippen MR) is 103 cm³/mol. The first-order valence-corrected chi connectivity index (χ1v) is 9.67. The number of carbonyl (C=O) groups excluding carboxylic acids is 1. The van der Waals surface area contributed by atoms with Crippen molar-refractivity contribution in [1.29, 1.82) is 0 Å². The van der Waals surface area contributed by atoms with Crippen LogP contribution < -0.4 is 10.1 Å². The Labute approximate surface area is 160 Å². The van der Waals surface area contributed by atoms with Gasteiger partial charge in [0, 0.05) is 43.7 Å². The van der Waals surface area contributed by atoms with Gasteiger partial charge in [-0.25, -0.2) is 9.97 Å². The second kappa shape index (κ2) is 7.64. The summed E-state index contributed by atoms with van der Waals surface area (Å²) in [5, 5.41) is 3.36. The van der Waals surface area contributed by atoms with Gasteiger partial charge in [-0.2, -0.15) is 0 Å². The van der Waals surface area contributed by atoms with E-state index in [1.807, 2.05) is 49.2 Å².